The van der Waals surface area contributed by atoms with Gasteiger partial charge >= 0.3 is 5.97 Å². The number of alkyl halides is 1. The molecule has 3 heteroatoms. The van der Waals surface area contributed by atoms with E-state index in [1.165, 1.54) is 0 Å². The van der Waals surface area contributed by atoms with Crippen molar-refractivity contribution in [3.8, 4) is 0 Å². The average molecular weight is 211 g/mol. The summed E-state index contributed by atoms with van der Waals surface area (Å²) in [7, 11) is 0. The molecule has 0 fully saturated rings. The molecule has 0 saturated carbocycles. The topological polar surface area (TPSA) is 37.3 Å². The third-order valence-corrected chi connectivity index (χ3v) is 2.16. The summed E-state index contributed by atoms with van der Waals surface area (Å²) < 4.78 is 0. The quantitative estimate of drug-likeness (QED) is 0.615. The maximum Gasteiger partial charge on any atom is 0.331 e. The van der Waals surface area contributed by atoms with Crippen molar-refractivity contribution in [2.24, 2.45) is 0 Å². The number of carbonyl (C=O) groups is 1. The van der Waals surface area contributed by atoms with Crippen LogP contribution in [-0.4, -0.2) is 11.1 Å². The van der Waals surface area contributed by atoms with Crippen LogP contribution < -0.4 is 0 Å². The molecule has 0 spiro atoms. The molecule has 2 nitrogen and oxygen atoms in total. The number of aliphatic carboxylic acids is 1. The van der Waals surface area contributed by atoms with E-state index in [0.717, 1.165) is 11.1 Å². The third-order valence-electron chi connectivity index (χ3n) is 1.85. The Labute approximate surface area is 87.8 Å². The van der Waals surface area contributed by atoms with E-state index in [-0.39, 0.29) is 0 Å². The summed E-state index contributed by atoms with van der Waals surface area (Å²) >= 11 is 5.63. The molecule has 0 bridgehead atoms. The lowest BCUT2D eigenvalue weighted by molar-refractivity contribution is -0.132. The number of hydrogen-bond donors (Lipinski definition) is 1. The van der Waals surface area contributed by atoms with Crippen LogP contribution in [0.25, 0.3) is 6.08 Å². The lowest BCUT2D eigenvalue weighted by Gasteiger charge is -1.97. The first kappa shape index (κ1) is 10.8. The Balaban J connectivity index is 2.88. The number of hydrogen-bond acceptors (Lipinski definition) is 1. The second kappa shape index (κ2) is 4.82. The van der Waals surface area contributed by atoms with Crippen molar-refractivity contribution in [2.45, 2.75) is 12.8 Å². The summed E-state index contributed by atoms with van der Waals surface area (Å²) in [5, 5.41) is 8.65. The smallest absolute Gasteiger partial charge is 0.331 e. The highest BCUT2D eigenvalue weighted by Gasteiger charge is 1.99. The first-order valence-corrected chi connectivity index (χ1v) is 4.73. The highest BCUT2D eigenvalue weighted by Crippen LogP contribution is 2.10. The normalized spacial score (nSPS) is 11.4. The molecule has 0 unspecified atom stereocenters. The van der Waals surface area contributed by atoms with E-state index in [0.29, 0.717) is 11.5 Å². The molecule has 0 radical (unpaired) electrons. The van der Waals surface area contributed by atoms with Gasteiger partial charge in [0.1, 0.15) is 0 Å². The van der Waals surface area contributed by atoms with Crippen molar-refractivity contribution in [3.63, 3.8) is 0 Å². The van der Waals surface area contributed by atoms with Gasteiger partial charge in [-0.25, -0.2) is 4.79 Å². The maximum absolute atomic E-state index is 10.5. The van der Waals surface area contributed by atoms with E-state index in [1.807, 2.05) is 24.3 Å². The largest absolute Gasteiger partial charge is 0.478 e. The van der Waals surface area contributed by atoms with Gasteiger partial charge in [0.25, 0.3) is 0 Å². The molecule has 1 rings (SSSR count). The van der Waals surface area contributed by atoms with Crippen LogP contribution in [0.5, 0.6) is 0 Å². The van der Waals surface area contributed by atoms with E-state index in [9.17, 15) is 4.79 Å². The van der Waals surface area contributed by atoms with Crippen molar-refractivity contribution in [2.75, 3.05) is 0 Å². The summed E-state index contributed by atoms with van der Waals surface area (Å²) in [6, 6.07) is 7.47. The molecular formula is C11H11ClO2. The predicted octanol–water partition coefficient (Wildman–Crippen LogP) is 2.91. The van der Waals surface area contributed by atoms with Crippen molar-refractivity contribution in [3.05, 3.63) is 41.0 Å². The van der Waals surface area contributed by atoms with E-state index >= 15 is 0 Å². The molecule has 1 aromatic rings. The minimum Gasteiger partial charge on any atom is -0.478 e. The molecule has 0 atom stereocenters. The van der Waals surface area contributed by atoms with Gasteiger partial charge in [-0.1, -0.05) is 24.3 Å². The number of benzene rings is 1. The van der Waals surface area contributed by atoms with Gasteiger partial charge in [-0.2, -0.15) is 0 Å². The lowest BCUT2D eigenvalue weighted by atomic mass is 10.1. The fourth-order valence-electron chi connectivity index (χ4n) is 1.01. The van der Waals surface area contributed by atoms with Crippen molar-refractivity contribution < 1.29 is 9.90 Å². The molecule has 0 aromatic heterocycles. The number of halogens is 1. The minimum atomic E-state index is -0.897. The molecule has 1 aromatic carbocycles. The molecule has 0 saturated heterocycles. The summed E-state index contributed by atoms with van der Waals surface area (Å²) in [4.78, 5) is 10.5. The predicted molar refractivity (Wildman–Crippen MR) is 57.3 cm³/mol. The highest BCUT2D eigenvalue weighted by atomic mass is 35.5. The van der Waals surface area contributed by atoms with Crippen LogP contribution in [0.15, 0.2) is 29.8 Å². The number of carboxylic acid groups (broad SMARTS) is 1. The van der Waals surface area contributed by atoms with E-state index < -0.39 is 5.97 Å². The second-order valence-corrected chi connectivity index (χ2v) is 3.27. The first-order valence-electron chi connectivity index (χ1n) is 4.20. The maximum atomic E-state index is 10.5. The molecule has 0 amide bonds. The van der Waals surface area contributed by atoms with Gasteiger partial charge in [-0.3, -0.25) is 0 Å². The molecule has 0 heterocycles. The van der Waals surface area contributed by atoms with Gasteiger partial charge in [-0.05, 0) is 24.1 Å². The Morgan fingerprint density at radius 1 is 1.43 bits per heavy atom. The van der Waals surface area contributed by atoms with Crippen LogP contribution in [0, 0.1) is 0 Å². The average Bonchev–Trinajstić information content (AvgIpc) is 2.19. The van der Waals surface area contributed by atoms with Crippen molar-refractivity contribution in [1.82, 2.24) is 0 Å². The molecule has 0 aliphatic rings. The van der Waals surface area contributed by atoms with Gasteiger partial charge in [0.15, 0.2) is 0 Å². The molecule has 0 aliphatic carbocycles. The summed E-state index contributed by atoms with van der Waals surface area (Å²) in [5.41, 5.74) is 2.22. The fraction of sp³-hybridized carbons (Fsp3) is 0.182. The van der Waals surface area contributed by atoms with Crippen molar-refractivity contribution in [1.29, 1.82) is 0 Å². The zero-order valence-corrected chi connectivity index (χ0v) is 8.58. The second-order valence-electron chi connectivity index (χ2n) is 3.01. The van der Waals surface area contributed by atoms with Gasteiger partial charge in [0, 0.05) is 11.5 Å². The van der Waals surface area contributed by atoms with Crippen LogP contribution in [0.1, 0.15) is 18.1 Å². The molecule has 14 heavy (non-hydrogen) atoms. The summed E-state index contributed by atoms with van der Waals surface area (Å²) in [6.45, 7) is 1.57. The Morgan fingerprint density at radius 3 is 2.43 bits per heavy atom. The van der Waals surface area contributed by atoms with Crippen LogP contribution >= 0.6 is 11.6 Å². The zero-order valence-electron chi connectivity index (χ0n) is 7.83. The Hall–Kier alpha value is -1.28. The van der Waals surface area contributed by atoms with Gasteiger partial charge in [-0.15, -0.1) is 11.6 Å². The zero-order chi connectivity index (χ0) is 10.6. The lowest BCUT2D eigenvalue weighted by Crippen LogP contribution is -1.95. The highest BCUT2D eigenvalue weighted by molar-refractivity contribution is 6.17. The molecule has 0 aliphatic heterocycles. The van der Waals surface area contributed by atoms with Crippen LogP contribution in [-0.2, 0) is 10.7 Å². The van der Waals surface area contributed by atoms with Crippen LogP contribution in [0.4, 0.5) is 0 Å². The monoisotopic (exact) mass is 210 g/mol. The standard InChI is InChI=1S/C11H11ClO2/c1-8(11(13)14)6-9-2-4-10(7-12)5-3-9/h2-6H,7H2,1H3,(H,13,14)/b8-6+. The number of rotatable bonds is 3. The fourth-order valence-corrected chi connectivity index (χ4v) is 1.19. The minimum absolute atomic E-state index is 0.323. The Kier molecular flexibility index (Phi) is 3.72. The molecular weight excluding hydrogens is 200 g/mol. The van der Waals surface area contributed by atoms with Crippen LogP contribution in [0.2, 0.25) is 0 Å². The molecule has 1 N–H and O–H groups in total. The van der Waals surface area contributed by atoms with Crippen molar-refractivity contribution >= 4 is 23.6 Å². The Morgan fingerprint density at radius 2 is 2.00 bits per heavy atom. The van der Waals surface area contributed by atoms with E-state index in [4.69, 9.17) is 16.7 Å². The van der Waals surface area contributed by atoms with Crippen LogP contribution in [0.3, 0.4) is 0 Å². The Bertz CT molecular complexity index is 352. The van der Waals surface area contributed by atoms with Gasteiger partial charge < -0.3 is 5.11 Å². The summed E-state index contributed by atoms with van der Waals surface area (Å²) in [6.07, 6.45) is 1.63. The summed E-state index contributed by atoms with van der Waals surface area (Å²) in [5.74, 6) is -0.423. The SMILES string of the molecule is C/C(=C\c1ccc(CCl)cc1)C(=O)O. The van der Waals surface area contributed by atoms with Gasteiger partial charge in [0.2, 0.25) is 0 Å². The third kappa shape index (κ3) is 2.89. The first-order chi connectivity index (χ1) is 6.63. The van der Waals surface area contributed by atoms with E-state index in [1.54, 1.807) is 13.0 Å². The molecule has 74 valence electrons. The number of carboxylic acids is 1. The van der Waals surface area contributed by atoms with E-state index in [2.05, 4.69) is 0 Å². The van der Waals surface area contributed by atoms with Gasteiger partial charge in [0.05, 0.1) is 0 Å².